The highest BCUT2D eigenvalue weighted by atomic mass is 32.1. The number of hydrogen-bond acceptors (Lipinski definition) is 7. The third kappa shape index (κ3) is 5.10. The number of aliphatic hydroxyl groups excluding tert-OH is 1. The molecule has 0 spiro atoms. The van der Waals surface area contributed by atoms with Gasteiger partial charge in [-0.05, 0) is 79.4 Å². The number of amides is 1. The lowest BCUT2D eigenvalue weighted by atomic mass is 9.95. The second kappa shape index (κ2) is 11.4. The van der Waals surface area contributed by atoms with E-state index in [9.17, 15) is 14.7 Å². The van der Waals surface area contributed by atoms with Gasteiger partial charge in [0.15, 0.2) is 5.13 Å². The Bertz CT molecular complexity index is 1640. The number of carbonyl (C=O) groups excluding carboxylic acids is 2. The minimum absolute atomic E-state index is 0.0137. The summed E-state index contributed by atoms with van der Waals surface area (Å²) < 4.78 is 12.3. The van der Waals surface area contributed by atoms with Crippen LogP contribution in [0.1, 0.15) is 41.6 Å². The maximum atomic E-state index is 13.6. The number of rotatable bonds is 9. The average molecular weight is 555 g/mol. The van der Waals surface area contributed by atoms with E-state index in [0.29, 0.717) is 41.0 Å². The van der Waals surface area contributed by atoms with Crippen molar-refractivity contribution in [1.29, 1.82) is 0 Å². The molecule has 5 rings (SSSR count). The van der Waals surface area contributed by atoms with Crippen LogP contribution in [0.15, 0.2) is 78.9 Å². The molecule has 0 radical (unpaired) electrons. The van der Waals surface area contributed by atoms with Crippen LogP contribution >= 0.6 is 11.3 Å². The number of aryl methyl sites for hydroxylation is 2. The van der Waals surface area contributed by atoms with E-state index in [4.69, 9.17) is 14.5 Å². The van der Waals surface area contributed by atoms with Gasteiger partial charge in [-0.15, -0.1) is 0 Å². The molecular weight excluding hydrogens is 524 g/mol. The predicted octanol–water partition coefficient (Wildman–Crippen LogP) is 6.89. The average Bonchev–Trinajstić information content (AvgIpc) is 3.49. The molecular formula is C32H30N2O5S. The summed E-state index contributed by atoms with van der Waals surface area (Å²) in [6.45, 7) is 10.6. The van der Waals surface area contributed by atoms with Crippen LogP contribution in [-0.4, -0.2) is 35.0 Å². The fourth-order valence-corrected chi connectivity index (χ4v) is 5.99. The fourth-order valence-electron chi connectivity index (χ4n) is 4.82. The molecule has 1 amide bonds. The van der Waals surface area contributed by atoms with Gasteiger partial charge in [0.05, 0.1) is 28.4 Å². The molecule has 1 aliphatic rings. The molecule has 0 bridgehead atoms. The van der Waals surface area contributed by atoms with E-state index < -0.39 is 17.7 Å². The number of Topliss-reactive ketones (excluding diaryl/α,β-unsaturated/α-hetero) is 1. The van der Waals surface area contributed by atoms with Crippen LogP contribution in [-0.2, 0) is 9.59 Å². The zero-order valence-electron chi connectivity index (χ0n) is 22.6. The first kappa shape index (κ1) is 27.1. The van der Waals surface area contributed by atoms with Gasteiger partial charge in [0, 0.05) is 5.56 Å². The maximum absolute atomic E-state index is 13.6. The highest BCUT2D eigenvalue weighted by molar-refractivity contribution is 7.22. The van der Waals surface area contributed by atoms with Crippen molar-refractivity contribution in [3.8, 4) is 11.5 Å². The number of ketones is 1. The van der Waals surface area contributed by atoms with Crippen LogP contribution in [0.25, 0.3) is 16.0 Å². The summed E-state index contributed by atoms with van der Waals surface area (Å²) in [4.78, 5) is 33.4. The Morgan fingerprint density at radius 2 is 1.85 bits per heavy atom. The van der Waals surface area contributed by atoms with Crippen molar-refractivity contribution in [1.82, 2.24) is 4.98 Å². The van der Waals surface area contributed by atoms with Crippen molar-refractivity contribution < 1.29 is 24.2 Å². The quantitative estimate of drug-likeness (QED) is 0.105. The SMILES string of the molecule is C=CCOc1cccc(C2C(=C(O)c3ccc(OCCC)cc3)C(=O)C(=O)N2c2nc3c(C)cc(C)cc3s2)c1. The van der Waals surface area contributed by atoms with E-state index in [1.165, 1.54) is 16.2 Å². The number of aromatic nitrogens is 1. The lowest BCUT2D eigenvalue weighted by Gasteiger charge is -2.23. The highest BCUT2D eigenvalue weighted by Gasteiger charge is 2.48. The van der Waals surface area contributed by atoms with Crippen LogP contribution in [0.2, 0.25) is 0 Å². The Morgan fingerprint density at radius 3 is 2.58 bits per heavy atom. The lowest BCUT2D eigenvalue weighted by Crippen LogP contribution is -2.29. The molecule has 1 N–H and O–H groups in total. The van der Waals surface area contributed by atoms with Gasteiger partial charge in [0.2, 0.25) is 0 Å². The number of nitrogens with zero attached hydrogens (tertiary/aromatic N) is 2. The van der Waals surface area contributed by atoms with Crippen LogP contribution in [0.4, 0.5) is 5.13 Å². The van der Waals surface area contributed by atoms with Gasteiger partial charge in [-0.1, -0.05) is 49.1 Å². The van der Waals surface area contributed by atoms with Crippen LogP contribution < -0.4 is 14.4 Å². The number of ether oxygens (including phenoxy) is 2. The normalized spacial score (nSPS) is 16.5. The Balaban J connectivity index is 1.67. The van der Waals surface area contributed by atoms with Gasteiger partial charge in [-0.2, -0.15) is 0 Å². The minimum atomic E-state index is -0.912. The summed E-state index contributed by atoms with van der Waals surface area (Å²) in [5.41, 5.74) is 3.84. The molecule has 204 valence electrons. The van der Waals surface area contributed by atoms with Crippen molar-refractivity contribution in [2.24, 2.45) is 0 Å². The monoisotopic (exact) mass is 554 g/mol. The maximum Gasteiger partial charge on any atom is 0.301 e. The van der Waals surface area contributed by atoms with Gasteiger partial charge in [-0.3, -0.25) is 14.5 Å². The lowest BCUT2D eigenvalue weighted by molar-refractivity contribution is -0.132. The van der Waals surface area contributed by atoms with Crippen LogP contribution in [0.5, 0.6) is 11.5 Å². The summed E-state index contributed by atoms with van der Waals surface area (Å²) in [7, 11) is 0. The molecule has 1 unspecified atom stereocenters. The standard InChI is InChI=1S/C32H30N2O5S/c1-5-14-38-23-12-10-21(11-13-23)29(35)26-28(22-8-7-9-24(18-22)39-15-6-2)34(31(37)30(26)36)32-33-27-20(4)16-19(3)17-25(27)40-32/h6-13,16-18,28,35H,2,5,14-15H2,1,3-4H3. The van der Waals surface area contributed by atoms with Crippen molar-refractivity contribution in [3.05, 3.63) is 101 Å². The third-order valence-electron chi connectivity index (χ3n) is 6.61. The molecule has 1 atom stereocenters. The molecule has 4 aromatic rings. The largest absolute Gasteiger partial charge is 0.507 e. The van der Waals surface area contributed by atoms with E-state index >= 15 is 0 Å². The number of hydrogen-bond donors (Lipinski definition) is 1. The molecule has 40 heavy (non-hydrogen) atoms. The van der Waals surface area contributed by atoms with Crippen LogP contribution in [0, 0.1) is 13.8 Å². The van der Waals surface area contributed by atoms with Crippen molar-refractivity contribution in [3.63, 3.8) is 0 Å². The number of aliphatic hydroxyl groups is 1. The Kier molecular flexibility index (Phi) is 7.71. The van der Waals surface area contributed by atoms with E-state index in [-0.39, 0.29) is 11.3 Å². The summed E-state index contributed by atoms with van der Waals surface area (Å²) in [6.07, 6.45) is 2.50. The smallest absolute Gasteiger partial charge is 0.301 e. The molecule has 0 aliphatic carbocycles. The zero-order valence-corrected chi connectivity index (χ0v) is 23.5. The van der Waals surface area contributed by atoms with Gasteiger partial charge >= 0.3 is 5.91 Å². The Labute approximate surface area is 237 Å². The van der Waals surface area contributed by atoms with Crippen molar-refractivity contribution in [2.75, 3.05) is 18.1 Å². The Morgan fingerprint density at radius 1 is 1.07 bits per heavy atom. The van der Waals surface area contributed by atoms with Gasteiger partial charge < -0.3 is 14.6 Å². The number of fused-ring (bicyclic) bond motifs is 1. The first-order chi connectivity index (χ1) is 19.3. The topological polar surface area (TPSA) is 89.0 Å². The second-order valence-corrected chi connectivity index (χ2v) is 10.6. The first-order valence-corrected chi connectivity index (χ1v) is 13.9. The summed E-state index contributed by atoms with van der Waals surface area (Å²) in [5, 5.41) is 11.9. The van der Waals surface area contributed by atoms with E-state index in [2.05, 4.69) is 6.58 Å². The molecule has 3 aromatic carbocycles. The van der Waals surface area contributed by atoms with Crippen LogP contribution in [0.3, 0.4) is 0 Å². The fraction of sp³-hybridized carbons (Fsp3) is 0.219. The molecule has 1 fully saturated rings. The Hall–Kier alpha value is -4.43. The number of anilines is 1. The summed E-state index contributed by atoms with van der Waals surface area (Å²) in [5.74, 6) is -0.587. The predicted molar refractivity (Wildman–Crippen MR) is 158 cm³/mol. The number of carbonyl (C=O) groups is 2. The van der Waals surface area contributed by atoms with Crippen molar-refractivity contribution in [2.45, 2.75) is 33.2 Å². The summed E-state index contributed by atoms with van der Waals surface area (Å²) >= 11 is 1.34. The molecule has 0 saturated carbocycles. The van der Waals surface area contributed by atoms with Gasteiger partial charge in [0.25, 0.3) is 5.78 Å². The molecule has 2 heterocycles. The molecule has 7 nitrogen and oxygen atoms in total. The zero-order chi connectivity index (χ0) is 28.4. The first-order valence-electron chi connectivity index (χ1n) is 13.1. The highest BCUT2D eigenvalue weighted by Crippen LogP contribution is 2.45. The number of thiazole rings is 1. The van der Waals surface area contributed by atoms with E-state index in [1.54, 1.807) is 48.5 Å². The molecule has 1 aromatic heterocycles. The van der Waals surface area contributed by atoms with E-state index in [0.717, 1.165) is 27.8 Å². The molecule has 1 aliphatic heterocycles. The van der Waals surface area contributed by atoms with E-state index in [1.807, 2.05) is 39.0 Å². The molecule has 1 saturated heterocycles. The third-order valence-corrected chi connectivity index (χ3v) is 7.61. The van der Waals surface area contributed by atoms with Crippen molar-refractivity contribution >= 4 is 44.1 Å². The summed E-state index contributed by atoms with van der Waals surface area (Å²) in [6, 6.07) is 17.1. The second-order valence-electron chi connectivity index (χ2n) is 9.64. The van der Waals surface area contributed by atoms with Gasteiger partial charge in [-0.25, -0.2) is 4.98 Å². The minimum Gasteiger partial charge on any atom is -0.507 e. The molecule has 8 heteroatoms. The number of benzene rings is 3. The van der Waals surface area contributed by atoms with Gasteiger partial charge in [0.1, 0.15) is 23.9 Å².